The van der Waals surface area contributed by atoms with Crippen LogP contribution in [-0.2, 0) is 0 Å². The van der Waals surface area contributed by atoms with Crippen molar-refractivity contribution in [2.75, 3.05) is 13.2 Å². The smallest absolute Gasteiger partial charge is 0.153 e. The van der Waals surface area contributed by atoms with Gasteiger partial charge in [0.25, 0.3) is 0 Å². The third-order valence-corrected chi connectivity index (χ3v) is 4.94. The number of aliphatic hydroxyl groups is 1. The van der Waals surface area contributed by atoms with Crippen molar-refractivity contribution in [1.82, 2.24) is 10.4 Å². The average Bonchev–Trinajstić information content (AvgIpc) is 2.99. The predicted molar refractivity (Wildman–Crippen MR) is 91.5 cm³/mol. The van der Waals surface area contributed by atoms with Gasteiger partial charge >= 0.3 is 0 Å². The molecule has 2 aliphatic rings. The molecule has 0 aliphatic carbocycles. The highest BCUT2D eigenvalue weighted by molar-refractivity contribution is 8.03. The van der Waals surface area contributed by atoms with Crippen molar-refractivity contribution in [2.24, 2.45) is 10.9 Å². The first-order valence-electron chi connectivity index (χ1n) is 7.86. The maximum absolute atomic E-state index is 9.34. The summed E-state index contributed by atoms with van der Waals surface area (Å²) in [5, 5.41) is 21.4. The predicted octanol–water partition coefficient (Wildman–Crippen LogP) is 2.52. The van der Waals surface area contributed by atoms with Crippen LogP contribution >= 0.6 is 11.8 Å². The number of unbranched alkanes of at least 4 members (excludes halogenated alkanes) is 1. The molecule has 0 radical (unpaired) electrons. The number of rotatable bonds is 6. The summed E-state index contributed by atoms with van der Waals surface area (Å²) in [4.78, 5) is 5.91. The second-order valence-electron chi connectivity index (χ2n) is 5.58. The first-order chi connectivity index (χ1) is 11.3. The molecule has 2 heterocycles. The average molecular weight is 328 g/mol. The number of aliphatic hydroxyl groups excluding tert-OH is 1. The van der Waals surface area contributed by atoms with Crippen molar-refractivity contribution in [3.05, 3.63) is 41.4 Å². The van der Waals surface area contributed by atoms with Crippen molar-refractivity contribution in [3.8, 4) is 6.07 Å². The molecule has 2 N–H and O–H groups in total. The summed E-state index contributed by atoms with van der Waals surface area (Å²) in [6, 6.07) is 12.6. The number of thioether (sulfide) groups is 1. The Kier molecular flexibility index (Phi) is 5.34. The molecule has 1 fully saturated rings. The maximum atomic E-state index is 9.34. The molecule has 0 bridgehead atoms. The second kappa shape index (κ2) is 7.64. The van der Waals surface area contributed by atoms with Crippen molar-refractivity contribution in [3.63, 3.8) is 0 Å². The van der Waals surface area contributed by atoms with Crippen LogP contribution in [0.3, 0.4) is 0 Å². The van der Waals surface area contributed by atoms with Gasteiger partial charge in [-0.15, -0.1) is 0 Å². The minimum Gasteiger partial charge on any atom is -0.396 e. The summed E-state index contributed by atoms with van der Waals surface area (Å²) in [5.41, 5.74) is 4.31. The Morgan fingerprint density at radius 3 is 2.91 bits per heavy atom. The van der Waals surface area contributed by atoms with Gasteiger partial charge in [0, 0.05) is 23.8 Å². The fourth-order valence-electron chi connectivity index (χ4n) is 2.71. The zero-order valence-electron chi connectivity index (χ0n) is 12.9. The van der Waals surface area contributed by atoms with Gasteiger partial charge in [0.15, 0.2) is 6.17 Å². The highest BCUT2D eigenvalue weighted by Gasteiger charge is 2.37. The van der Waals surface area contributed by atoms with E-state index in [-0.39, 0.29) is 18.7 Å². The van der Waals surface area contributed by atoms with Crippen molar-refractivity contribution >= 4 is 17.5 Å². The SMILES string of the molecule is N#CC1CNN2C(Sc3ccccc3)=CC(CCCCO)=NC12. The summed E-state index contributed by atoms with van der Waals surface area (Å²) in [6.45, 7) is 0.835. The first kappa shape index (κ1) is 16.1. The quantitative estimate of drug-likeness (QED) is 0.785. The Hall–Kier alpha value is -1.81. The Balaban J connectivity index is 1.80. The van der Waals surface area contributed by atoms with Gasteiger partial charge in [-0.1, -0.05) is 30.0 Å². The van der Waals surface area contributed by atoms with Crippen molar-refractivity contribution in [2.45, 2.75) is 30.3 Å². The third-order valence-electron chi connectivity index (χ3n) is 3.90. The van der Waals surface area contributed by atoms with Gasteiger partial charge in [-0.3, -0.25) is 10.0 Å². The molecular formula is C17H20N4OS. The molecule has 120 valence electrons. The van der Waals surface area contributed by atoms with Crippen LogP contribution in [0, 0.1) is 17.2 Å². The Morgan fingerprint density at radius 1 is 1.35 bits per heavy atom. The van der Waals surface area contributed by atoms with E-state index in [1.54, 1.807) is 11.8 Å². The Labute approximate surface area is 140 Å². The summed E-state index contributed by atoms with van der Waals surface area (Å²) < 4.78 is 0. The van der Waals surface area contributed by atoms with E-state index in [4.69, 9.17) is 10.1 Å². The minimum atomic E-state index is -0.152. The maximum Gasteiger partial charge on any atom is 0.153 e. The zero-order valence-corrected chi connectivity index (χ0v) is 13.7. The van der Waals surface area contributed by atoms with Gasteiger partial charge in [-0.2, -0.15) is 5.26 Å². The van der Waals surface area contributed by atoms with E-state index in [1.807, 2.05) is 23.2 Å². The van der Waals surface area contributed by atoms with Crippen LogP contribution in [0.2, 0.25) is 0 Å². The monoisotopic (exact) mass is 328 g/mol. The van der Waals surface area contributed by atoms with E-state index in [9.17, 15) is 5.26 Å². The van der Waals surface area contributed by atoms with E-state index < -0.39 is 0 Å². The number of aliphatic imine (C=N–C) groups is 1. The van der Waals surface area contributed by atoms with Crippen LogP contribution in [0.15, 0.2) is 51.3 Å². The number of hydrogen-bond acceptors (Lipinski definition) is 6. The van der Waals surface area contributed by atoms with E-state index in [1.165, 1.54) is 0 Å². The zero-order chi connectivity index (χ0) is 16.1. The lowest BCUT2D eigenvalue weighted by molar-refractivity contribution is 0.259. The Bertz CT molecular complexity index is 638. The number of fused-ring (bicyclic) bond motifs is 1. The first-order valence-corrected chi connectivity index (χ1v) is 8.68. The molecule has 5 nitrogen and oxygen atoms in total. The summed E-state index contributed by atoms with van der Waals surface area (Å²) in [7, 11) is 0. The lowest BCUT2D eigenvalue weighted by atomic mass is 10.1. The van der Waals surface area contributed by atoms with E-state index in [0.717, 1.165) is 34.9 Å². The van der Waals surface area contributed by atoms with Crippen molar-refractivity contribution in [1.29, 1.82) is 5.26 Å². The fourth-order valence-corrected chi connectivity index (χ4v) is 3.71. The molecule has 2 unspecified atom stereocenters. The third kappa shape index (κ3) is 3.75. The normalized spacial score (nSPS) is 23.0. The highest BCUT2D eigenvalue weighted by atomic mass is 32.2. The molecule has 2 atom stereocenters. The Morgan fingerprint density at radius 2 is 2.17 bits per heavy atom. The fraction of sp³-hybridized carbons (Fsp3) is 0.412. The van der Waals surface area contributed by atoms with Gasteiger partial charge in [-0.25, -0.2) is 5.43 Å². The lowest BCUT2D eigenvalue weighted by Gasteiger charge is -2.30. The molecule has 1 aromatic rings. The summed E-state index contributed by atoms with van der Waals surface area (Å²) >= 11 is 1.68. The van der Waals surface area contributed by atoms with Gasteiger partial charge in [-0.05, 0) is 37.5 Å². The lowest BCUT2D eigenvalue weighted by Crippen LogP contribution is -2.38. The van der Waals surface area contributed by atoms with Crippen LogP contribution < -0.4 is 5.43 Å². The number of nitrogens with zero attached hydrogens (tertiary/aromatic N) is 3. The molecule has 1 saturated heterocycles. The second-order valence-corrected chi connectivity index (χ2v) is 6.67. The van der Waals surface area contributed by atoms with Gasteiger partial charge in [0.2, 0.25) is 0 Å². The van der Waals surface area contributed by atoms with Crippen LogP contribution in [0.1, 0.15) is 19.3 Å². The molecule has 0 saturated carbocycles. The van der Waals surface area contributed by atoms with Gasteiger partial charge < -0.3 is 5.11 Å². The van der Waals surface area contributed by atoms with E-state index in [2.05, 4.69) is 29.7 Å². The molecule has 3 rings (SSSR count). The van der Waals surface area contributed by atoms with Crippen LogP contribution in [0.5, 0.6) is 0 Å². The molecule has 6 heteroatoms. The van der Waals surface area contributed by atoms with E-state index in [0.29, 0.717) is 6.54 Å². The number of nitrogens with one attached hydrogen (secondary N) is 1. The van der Waals surface area contributed by atoms with Crippen LogP contribution in [-0.4, -0.2) is 35.1 Å². The van der Waals surface area contributed by atoms with E-state index >= 15 is 0 Å². The van der Waals surface area contributed by atoms with Crippen LogP contribution in [0.4, 0.5) is 0 Å². The molecule has 0 aromatic heterocycles. The molecule has 1 aromatic carbocycles. The summed E-state index contributed by atoms with van der Waals surface area (Å²) in [5.74, 6) is -0.136. The number of hydrazine groups is 1. The molecule has 2 aliphatic heterocycles. The minimum absolute atomic E-state index is 0.136. The largest absolute Gasteiger partial charge is 0.396 e. The van der Waals surface area contributed by atoms with Gasteiger partial charge in [0.1, 0.15) is 5.92 Å². The number of benzene rings is 1. The van der Waals surface area contributed by atoms with Gasteiger partial charge in [0.05, 0.1) is 11.1 Å². The standard InChI is InChI=1S/C17H20N4OS/c18-11-13-12-19-21-16(23-15-7-2-1-3-8-15)10-14(20-17(13)21)6-4-5-9-22/h1-3,7-8,10,13,17,19,22H,4-6,9,12H2. The molecule has 23 heavy (non-hydrogen) atoms. The number of allylic oxidation sites excluding steroid dienone is 1. The number of hydrogen-bond donors (Lipinski definition) is 2. The highest BCUT2D eigenvalue weighted by Crippen LogP contribution is 2.35. The molecule has 0 amide bonds. The summed E-state index contributed by atoms with van der Waals surface area (Å²) in [6.07, 6.45) is 4.47. The topological polar surface area (TPSA) is 71.7 Å². The molecular weight excluding hydrogens is 308 g/mol. The van der Waals surface area contributed by atoms with Crippen molar-refractivity contribution < 1.29 is 5.11 Å². The van der Waals surface area contributed by atoms with Crippen LogP contribution in [0.25, 0.3) is 0 Å². The number of nitriles is 1. The molecule has 0 spiro atoms.